The summed E-state index contributed by atoms with van der Waals surface area (Å²) < 4.78 is 26.6. The third kappa shape index (κ3) is 4.25. The van der Waals surface area contributed by atoms with Crippen LogP contribution < -0.4 is 9.47 Å². The summed E-state index contributed by atoms with van der Waals surface area (Å²) in [5, 5.41) is 2.04. The molecule has 1 aliphatic heterocycles. The molecule has 0 bridgehead atoms. The largest absolute Gasteiger partial charge is 0.486 e. The van der Waals surface area contributed by atoms with E-state index in [2.05, 4.69) is 34.8 Å². The maximum absolute atomic E-state index is 13.9. The second kappa shape index (κ2) is 8.83. The van der Waals surface area contributed by atoms with Crippen molar-refractivity contribution in [2.45, 2.75) is 52.2 Å². The first-order valence-corrected chi connectivity index (χ1v) is 12.7. The summed E-state index contributed by atoms with van der Waals surface area (Å²) in [6.07, 6.45) is 3.07. The van der Waals surface area contributed by atoms with Gasteiger partial charge in [0.25, 0.3) is 0 Å². The van der Waals surface area contributed by atoms with Gasteiger partial charge in [-0.3, -0.25) is 9.88 Å². The van der Waals surface area contributed by atoms with Crippen LogP contribution in [-0.4, -0.2) is 46.7 Å². The van der Waals surface area contributed by atoms with E-state index in [0.29, 0.717) is 18.6 Å². The van der Waals surface area contributed by atoms with Crippen LogP contribution in [0.3, 0.4) is 0 Å². The van der Waals surface area contributed by atoms with E-state index in [0.717, 1.165) is 71.4 Å². The van der Waals surface area contributed by atoms with Gasteiger partial charge in [0.1, 0.15) is 18.5 Å². The predicted molar refractivity (Wildman–Crippen MR) is 137 cm³/mol. The van der Waals surface area contributed by atoms with Crippen molar-refractivity contribution in [3.8, 4) is 11.5 Å². The molecule has 6 heteroatoms. The predicted octanol–water partition coefficient (Wildman–Crippen LogP) is 5.82. The van der Waals surface area contributed by atoms with Crippen molar-refractivity contribution in [3.05, 3.63) is 65.2 Å². The standard InChI is InChI=1S/C29H32FN3O2/c1-17(2)33(14-19-5-8-26-23(12-19)24-13-20(30)6-9-27(24)32-26)15-21-16-34-28-11-10-25-22(29(28)35-21)7-4-18(3)31-25/h4,6-7,9-11,13,17,19,21,32H,5,8,12,14-16H2,1-3H3/t19-,21-/m0/s1. The minimum atomic E-state index is -0.169. The van der Waals surface area contributed by atoms with E-state index in [9.17, 15) is 4.39 Å². The fourth-order valence-electron chi connectivity index (χ4n) is 5.67. The van der Waals surface area contributed by atoms with Crippen molar-refractivity contribution >= 4 is 21.8 Å². The second-order valence-electron chi connectivity index (χ2n) is 10.4. The van der Waals surface area contributed by atoms with Crippen molar-refractivity contribution in [2.75, 3.05) is 19.7 Å². The van der Waals surface area contributed by atoms with E-state index in [1.807, 2.05) is 31.2 Å². The van der Waals surface area contributed by atoms with Gasteiger partial charge in [0.15, 0.2) is 11.5 Å². The van der Waals surface area contributed by atoms with Crippen LogP contribution >= 0.6 is 0 Å². The molecule has 6 rings (SSSR count). The number of nitrogens with one attached hydrogen (secondary N) is 1. The average Bonchev–Trinajstić information content (AvgIpc) is 3.20. The van der Waals surface area contributed by atoms with Gasteiger partial charge >= 0.3 is 0 Å². The molecule has 0 saturated carbocycles. The average molecular weight is 474 g/mol. The van der Waals surface area contributed by atoms with Crippen LogP contribution in [0.15, 0.2) is 42.5 Å². The number of halogens is 1. The van der Waals surface area contributed by atoms with E-state index < -0.39 is 0 Å². The zero-order valence-corrected chi connectivity index (χ0v) is 20.6. The maximum Gasteiger partial charge on any atom is 0.171 e. The van der Waals surface area contributed by atoms with E-state index >= 15 is 0 Å². The van der Waals surface area contributed by atoms with E-state index in [1.54, 1.807) is 6.07 Å². The van der Waals surface area contributed by atoms with Crippen LogP contribution in [0.2, 0.25) is 0 Å². The molecule has 2 aromatic heterocycles. The molecule has 0 radical (unpaired) electrons. The summed E-state index contributed by atoms with van der Waals surface area (Å²) in [6.45, 7) is 8.82. The number of nitrogens with zero attached hydrogens (tertiary/aromatic N) is 2. The minimum absolute atomic E-state index is 0.0434. The molecule has 35 heavy (non-hydrogen) atoms. The lowest BCUT2D eigenvalue weighted by molar-refractivity contribution is 0.0444. The fraction of sp³-hybridized carbons (Fsp3) is 0.414. The van der Waals surface area contributed by atoms with Gasteiger partial charge in [0.05, 0.1) is 5.52 Å². The lowest BCUT2D eigenvalue weighted by Gasteiger charge is -2.36. The summed E-state index contributed by atoms with van der Waals surface area (Å²) in [5.41, 5.74) is 5.53. The highest BCUT2D eigenvalue weighted by molar-refractivity contribution is 5.88. The molecule has 5 nitrogen and oxygen atoms in total. The number of aromatic nitrogens is 2. The quantitative estimate of drug-likeness (QED) is 0.397. The number of fused-ring (bicyclic) bond motifs is 6. The highest BCUT2D eigenvalue weighted by Crippen LogP contribution is 2.39. The number of H-pyrrole nitrogens is 1. The molecule has 0 unspecified atom stereocenters. The minimum Gasteiger partial charge on any atom is -0.486 e. The van der Waals surface area contributed by atoms with Crippen LogP contribution in [0, 0.1) is 18.7 Å². The topological polar surface area (TPSA) is 50.4 Å². The Morgan fingerprint density at radius 1 is 1.11 bits per heavy atom. The summed E-state index contributed by atoms with van der Waals surface area (Å²) in [5.74, 6) is 1.95. The third-order valence-corrected chi connectivity index (χ3v) is 7.55. The molecule has 0 amide bonds. The van der Waals surface area contributed by atoms with E-state index in [-0.39, 0.29) is 11.9 Å². The van der Waals surface area contributed by atoms with E-state index in [1.165, 1.54) is 17.3 Å². The Labute approximate surface area is 205 Å². The number of hydrogen-bond acceptors (Lipinski definition) is 4. The molecule has 1 aliphatic carbocycles. The molecule has 182 valence electrons. The molecule has 1 N–H and O–H groups in total. The van der Waals surface area contributed by atoms with Gasteiger partial charge < -0.3 is 14.5 Å². The summed E-state index contributed by atoms with van der Waals surface area (Å²) in [4.78, 5) is 10.7. The Hall–Kier alpha value is -3.12. The van der Waals surface area contributed by atoms with Crippen LogP contribution in [0.1, 0.15) is 37.2 Å². The summed E-state index contributed by atoms with van der Waals surface area (Å²) in [6, 6.07) is 13.5. The summed E-state index contributed by atoms with van der Waals surface area (Å²) in [7, 11) is 0. The van der Waals surface area contributed by atoms with Gasteiger partial charge in [-0.2, -0.15) is 0 Å². The molecule has 0 spiro atoms. The Morgan fingerprint density at radius 2 is 2.00 bits per heavy atom. The Bertz CT molecular complexity index is 1400. The molecule has 4 aromatic rings. The monoisotopic (exact) mass is 473 g/mol. The van der Waals surface area contributed by atoms with Crippen molar-refractivity contribution in [3.63, 3.8) is 0 Å². The van der Waals surface area contributed by atoms with Gasteiger partial charge in [-0.15, -0.1) is 0 Å². The first-order valence-electron chi connectivity index (χ1n) is 12.7. The van der Waals surface area contributed by atoms with Crippen molar-refractivity contribution in [1.29, 1.82) is 0 Å². The molecular formula is C29H32FN3O2. The number of pyridine rings is 1. The van der Waals surface area contributed by atoms with Crippen molar-refractivity contribution in [1.82, 2.24) is 14.9 Å². The highest BCUT2D eigenvalue weighted by Gasteiger charge is 2.29. The number of ether oxygens (including phenoxy) is 2. The van der Waals surface area contributed by atoms with Gasteiger partial charge in [-0.1, -0.05) is 0 Å². The van der Waals surface area contributed by atoms with Gasteiger partial charge in [0.2, 0.25) is 0 Å². The summed E-state index contributed by atoms with van der Waals surface area (Å²) >= 11 is 0. The Kier molecular flexibility index (Phi) is 5.64. The normalized spacial score (nSPS) is 19.6. The number of rotatable bonds is 5. The van der Waals surface area contributed by atoms with Crippen molar-refractivity contribution < 1.29 is 13.9 Å². The zero-order chi connectivity index (χ0) is 24.1. The molecule has 3 heterocycles. The fourth-order valence-corrected chi connectivity index (χ4v) is 5.67. The number of aromatic amines is 1. The van der Waals surface area contributed by atoms with Crippen molar-refractivity contribution in [2.24, 2.45) is 5.92 Å². The molecule has 0 saturated heterocycles. The van der Waals surface area contributed by atoms with Gasteiger partial charge in [0, 0.05) is 46.8 Å². The van der Waals surface area contributed by atoms with Crippen LogP contribution in [0.4, 0.5) is 4.39 Å². The third-order valence-electron chi connectivity index (χ3n) is 7.55. The number of benzene rings is 2. The smallest absolute Gasteiger partial charge is 0.171 e. The number of aryl methyl sites for hydroxylation is 2. The van der Waals surface area contributed by atoms with Crippen LogP contribution in [0.5, 0.6) is 11.5 Å². The molecule has 2 atom stereocenters. The number of hydrogen-bond donors (Lipinski definition) is 1. The second-order valence-corrected chi connectivity index (χ2v) is 10.4. The molecule has 2 aromatic carbocycles. The molecule has 0 fully saturated rings. The molecular weight excluding hydrogens is 441 g/mol. The van der Waals surface area contributed by atoms with Crippen LogP contribution in [0.25, 0.3) is 21.8 Å². The van der Waals surface area contributed by atoms with Crippen LogP contribution in [-0.2, 0) is 12.8 Å². The van der Waals surface area contributed by atoms with Gasteiger partial charge in [-0.05, 0) is 94.0 Å². The Balaban J connectivity index is 1.18. The lowest BCUT2D eigenvalue weighted by Crippen LogP contribution is -2.46. The first kappa shape index (κ1) is 22.4. The molecule has 2 aliphatic rings. The first-order chi connectivity index (χ1) is 16.9. The Morgan fingerprint density at radius 3 is 2.86 bits per heavy atom. The zero-order valence-electron chi connectivity index (χ0n) is 20.6. The van der Waals surface area contributed by atoms with Gasteiger partial charge in [-0.25, -0.2) is 4.39 Å². The van der Waals surface area contributed by atoms with E-state index in [4.69, 9.17) is 9.47 Å². The maximum atomic E-state index is 13.9. The SMILES string of the molecule is Cc1ccc2c3c(ccc2n1)OC[C@H](CN(C[C@H]1CCc2[nH]c4ccc(F)cc4c2C1)C(C)C)O3. The lowest BCUT2D eigenvalue weighted by atomic mass is 9.85. The highest BCUT2D eigenvalue weighted by atomic mass is 19.1.